The Labute approximate surface area is 162 Å². The molecule has 27 heavy (non-hydrogen) atoms. The number of allylic oxidation sites excluding steroid dienone is 2. The van der Waals surface area contributed by atoms with Crippen molar-refractivity contribution in [2.45, 2.75) is 40.0 Å². The van der Waals surface area contributed by atoms with E-state index >= 15 is 0 Å². The van der Waals surface area contributed by atoms with Gasteiger partial charge in [-0.3, -0.25) is 4.79 Å². The van der Waals surface area contributed by atoms with Crippen molar-refractivity contribution in [3.05, 3.63) is 83.6 Å². The van der Waals surface area contributed by atoms with E-state index < -0.39 is 0 Å². The van der Waals surface area contributed by atoms with Crippen LogP contribution in [0.15, 0.2) is 77.5 Å². The van der Waals surface area contributed by atoms with Crippen molar-refractivity contribution in [3.63, 3.8) is 0 Å². The highest BCUT2D eigenvalue weighted by atomic mass is 16.2. The molecule has 0 bridgehead atoms. The molecular weight excluding hydrogens is 332 g/mol. The molecule has 0 fully saturated rings. The molecule has 0 aliphatic rings. The Morgan fingerprint density at radius 2 is 1.56 bits per heavy atom. The molecule has 0 unspecified atom stereocenters. The SMILES string of the molecule is CCC#C/C=C(/C)N(N=C(c1ccccc1)c1ccccc1)C(=O)CCC. The van der Waals surface area contributed by atoms with E-state index in [-0.39, 0.29) is 5.91 Å². The van der Waals surface area contributed by atoms with Crippen molar-refractivity contribution >= 4 is 11.6 Å². The Morgan fingerprint density at radius 3 is 2.04 bits per heavy atom. The van der Waals surface area contributed by atoms with Gasteiger partial charge in [-0.05, 0) is 13.3 Å². The summed E-state index contributed by atoms with van der Waals surface area (Å²) in [6, 6.07) is 19.9. The number of benzene rings is 2. The predicted octanol–water partition coefficient (Wildman–Crippen LogP) is 5.38. The van der Waals surface area contributed by atoms with E-state index in [0.717, 1.165) is 35.4 Å². The van der Waals surface area contributed by atoms with Crippen LogP contribution in [0.3, 0.4) is 0 Å². The first kappa shape index (κ1) is 20.2. The summed E-state index contributed by atoms with van der Waals surface area (Å²) in [6.07, 6.45) is 3.74. The molecule has 3 nitrogen and oxygen atoms in total. The van der Waals surface area contributed by atoms with Crippen LogP contribution in [0.4, 0.5) is 0 Å². The normalized spacial score (nSPS) is 10.6. The second-order valence-corrected chi connectivity index (χ2v) is 6.10. The van der Waals surface area contributed by atoms with Crippen LogP contribution in [-0.2, 0) is 4.79 Å². The largest absolute Gasteiger partial charge is 0.273 e. The number of hydrogen-bond donors (Lipinski definition) is 0. The lowest BCUT2D eigenvalue weighted by Gasteiger charge is -2.19. The molecule has 0 spiro atoms. The number of hydrazone groups is 1. The zero-order chi connectivity index (χ0) is 19.5. The first-order valence-corrected chi connectivity index (χ1v) is 9.34. The Balaban J connectivity index is 2.56. The summed E-state index contributed by atoms with van der Waals surface area (Å²) in [7, 11) is 0. The van der Waals surface area contributed by atoms with E-state index in [0.29, 0.717) is 6.42 Å². The van der Waals surface area contributed by atoms with Crippen molar-refractivity contribution in [1.82, 2.24) is 5.01 Å². The Kier molecular flexibility index (Phi) is 8.06. The van der Waals surface area contributed by atoms with Crippen LogP contribution in [0.2, 0.25) is 0 Å². The molecule has 0 atom stereocenters. The molecule has 0 radical (unpaired) electrons. The summed E-state index contributed by atoms with van der Waals surface area (Å²) < 4.78 is 0. The molecule has 2 aromatic carbocycles. The smallest absolute Gasteiger partial charge is 0.247 e. The molecule has 2 rings (SSSR count). The van der Waals surface area contributed by atoms with Crippen molar-refractivity contribution < 1.29 is 4.79 Å². The summed E-state index contributed by atoms with van der Waals surface area (Å²) in [5.41, 5.74) is 3.41. The first-order chi connectivity index (χ1) is 13.2. The van der Waals surface area contributed by atoms with Gasteiger partial charge in [0.25, 0.3) is 0 Å². The van der Waals surface area contributed by atoms with Crippen LogP contribution >= 0.6 is 0 Å². The third-order valence-corrected chi connectivity index (χ3v) is 3.89. The molecule has 0 saturated heterocycles. The summed E-state index contributed by atoms with van der Waals surface area (Å²) in [4.78, 5) is 12.7. The molecule has 0 N–H and O–H groups in total. The fraction of sp³-hybridized carbons (Fsp3) is 0.250. The Morgan fingerprint density at radius 1 is 1.00 bits per heavy atom. The number of rotatable bonds is 6. The van der Waals surface area contributed by atoms with Crippen molar-refractivity contribution in [1.29, 1.82) is 0 Å². The zero-order valence-corrected chi connectivity index (χ0v) is 16.3. The topological polar surface area (TPSA) is 32.7 Å². The monoisotopic (exact) mass is 358 g/mol. The molecule has 0 saturated carbocycles. The van der Waals surface area contributed by atoms with Gasteiger partial charge < -0.3 is 0 Å². The first-order valence-electron chi connectivity index (χ1n) is 9.34. The lowest BCUT2D eigenvalue weighted by molar-refractivity contribution is -0.129. The van der Waals surface area contributed by atoms with E-state index in [4.69, 9.17) is 5.10 Å². The quantitative estimate of drug-likeness (QED) is 0.387. The van der Waals surface area contributed by atoms with Gasteiger partial charge in [0.05, 0.1) is 11.4 Å². The molecule has 2 aromatic rings. The lowest BCUT2D eigenvalue weighted by atomic mass is 10.0. The van der Waals surface area contributed by atoms with E-state index in [1.807, 2.05) is 81.4 Å². The summed E-state index contributed by atoms with van der Waals surface area (Å²) in [6.45, 7) is 5.86. The second-order valence-electron chi connectivity index (χ2n) is 6.10. The van der Waals surface area contributed by atoms with Gasteiger partial charge in [0.1, 0.15) is 0 Å². The van der Waals surface area contributed by atoms with Crippen LogP contribution in [0.5, 0.6) is 0 Å². The lowest BCUT2D eigenvalue weighted by Crippen LogP contribution is -2.26. The minimum absolute atomic E-state index is 0.0334. The van der Waals surface area contributed by atoms with Crippen molar-refractivity contribution in [3.8, 4) is 11.8 Å². The standard InChI is InChI=1S/C24H26N2O/c1-4-6-9-15-20(3)26(23(27)14-5-2)25-24(21-16-10-7-11-17-21)22-18-12-8-13-19-22/h7-8,10-13,15-19H,4-5,14H2,1-3H3/b20-15-. The predicted molar refractivity (Wildman–Crippen MR) is 112 cm³/mol. The van der Waals surface area contributed by atoms with Gasteiger partial charge in [-0.2, -0.15) is 5.10 Å². The average molecular weight is 358 g/mol. The van der Waals surface area contributed by atoms with Gasteiger partial charge in [-0.15, -0.1) is 0 Å². The van der Waals surface area contributed by atoms with Gasteiger partial charge in [0.15, 0.2) is 0 Å². The van der Waals surface area contributed by atoms with Crippen LogP contribution in [0.25, 0.3) is 0 Å². The van der Waals surface area contributed by atoms with Crippen LogP contribution in [-0.4, -0.2) is 16.6 Å². The van der Waals surface area contributed by atoms with Crippen LogP contribution in [0.1, 0.15) is 51.2 Å². The highest BCUT2D eigenvalue weighted by Gasteiger charge is 2.16. The van der Waals surface area contributed by atoms with Gasteiger partial charge in [0.2, 0.25) is 5.91 Å². The van der Waals surface area contributed by atoms with Gasteiger partial charge in [-0.25, -0.2) is 5.01 Å². The number of carbonyl (C=O) groups is 1. The fourth-order valence-electron chi connectivity index (χ4n) is 2.54. The fourth-order valence-corrected chi connectivity index (χ4v) is 2.54. The van der Waals surface area contributed by atoms with E-state index in [9.17, 15) is 4.79 Å². The molecule has 0 aromatic heterocycles. The number of hydrogen-bond acceptors (Lipinski definition) is 2. The zero-order valence-electron chi connectivity index (χ0n) is 16.3. The van der Waals surface area contributed by atoms with Crippen molar-refractivity contribution in [2.24, 2.45) is 5.10 Å². The Hall–Kier alpha value is -3.12. The molecule has 0 heterocycles. The minimum atomic E-state index is -0.0334. The highest BCUT2D eigenvalue weighted by Crippen LogP contribution is 2.16. The third-order valence-electron chi connectivity index (χ3n) is 3.89. The average Bonchev–Trinajstić information content (AvgIpc) is 2.70. The summed E-state index contributed by atoms with van der Waals surface area (Å²) in [5, 5.41) is 6.27. The Bertz CT molecular complexity index is 814. The molecule has 138 valence electrons. The molecule has 1 amide bonds. The van der Waals surface area contributed by atoms with Crippen molar-refractivity contribution in [2.75, 3.05) is 0 Å². The maximum Gasteiger partial charge on any atom is 0.247 e. The second kappa shape index (κ2) is 10.8. The minimum Gasteiger partial charge on any atom is -0.273 e. The van der Waals surface area contributed by atoms with Gasteiger partial charge in [-0.1, -0.05) is 86.4 Å². The number of amides is 1. The molecular formula is C24H26N2O. The maximum atomic E-state index is 12.7. The van der Waals surface area contributed by atoms with Crippen LogP contribution in [0, 0.1) is 11.8 Å². The molecule has 0 aliphatic heterocycles. The molecule has 3 heteroatoms. The number of nitrogens with zero attached hydrogens (tertiary/aromatic N) is 2. The third kappa shape index (κ3) is 5.97. The van der Waals surface area contributed by atoms with E-state index in [1.54, 1.807) is 6.08 Å². The summed E-state index contributed by atoms with van der Waals surface area (Å²) >= 11 is 0. The molecule has 0 aliphatic carbocycles. The van der Waals surface area contributed by atoms with E-state index in [2.05, 4.69) is 11.8 Å². The van der Waals surface area contributed by atoms with Crippen LogP contribution < -0.4 is 0 Å². The highest BCUT2D eigenvalue weighted by molar-refractivity contribution is 6.13. The maximum absolute atomic E-state index is 12.7. The van der Waals surface area contributed by atoms with E-state index in [1.165, 1.54) is 5.01 Å². The summed E-state index contributed by atoms with van der Waals surface area (Å²) in [5.74, 6) is 5.97. The number of carbonyl (C=O) groups excluding carboxylic acids is 1. The van der Waals surface area contributed by atoms with Gasteiger partial charge in [0, 0.05) is 30.0 Å². The van der Waals surface area contributed by atoms with Gasteiger partial charge >= 0.3 is 0 Å².